The molecule has 1 aromatic rings. The normalized spacial score (nSPS) is 17.3. The maximum absolute atomic E-state index is 12.3. The van der Waals surface area contributed by atoms with Crippen molar-refractivity contribution in [3.8, 4) is 0 Å². The average Bonchev–Trinajstić information content (AvgIpc) is 2.39. The molecule has 0 spiro atoms. The van der Waals surface area contributed by atoms with Gasteiger partial charge in [-0.1, -0.05) is 0 Å². The fraction of sp³-hybridized carbons (Fsp3) is 0.400. The van der Waals surface area contributed by atoms with Crippen LogP contribution >= 0.6 is 15.9 Å². The number of nitro groups is 1. The van der Waals surface area contributed by atoms with Crippen molar-refractivity contribution in [3.05, 3.63) is 32.8 Å². The Bertz CT molecular complexity index is 599. The summed E-state index contributed by atoms with van der Waals surface area (Å²) in [4.78, 5) is 10.2. The molecular formula is C10H12BrN3O4S. The van der Waals surface area contributed by atoms with E-state index >= 15 is 0 Å². The molecule has 0 aromatic heterocycles. The Kier molecular flexibility index (Phi) is 4.19. The van der Waals surface area contributed by atoms with E-state index in [1.54, 1.807) is 0 Å². The molecule has 1 heterocycles. The molecule has 0 radical (unpaired) electrons. The van der Waals surface area contributed by atoms with Crippen LogP contribution in [0, 0.1) is 10.1 Å². The first-order chi connectivity index (χ1) is 8.93. The van der Waals surface area contributed by atoms with Crippen molar-refractivity contribution in [3.63, 3.8) is 0 Å². The van der Waals surface area contributed by atoms with Crippen molar-refractivity contribution in [1.29, 1.82) is 0 Å². The van der Waals surface area contributed by atoms with E-state index in [4.69, 9.17) is 0 Å². The van der Waals surface area contributed by atoms with Crippen LogP contribution in [0.4, 0.5) is 5.69 Å². The van der Waals surface area contributed by atoms with Gasteiger partial charge >= 0.3 is 0 Å². The predicted octanol–water partition coefficient (Wildman–Crippen LogP) is 0.951. The molecule has 7 nitrogen and oxygen atoms in total. The van der Waals surface area contributed by atoms with Gasteiger partial charge in [-0.3, -0.25) is 10.1 Å². The number of halogens is 1. The zero-order chi connectivity index (χ0) is 14.0. The molecule has 0 unspecified atom stereocenters. The molecule has 1 saturated heterocycles. The molecule has 0 amide bonds. The molecule has 1 aliphatic heterocycles. The Balaban J connectivity index is 2.35. The summed E-state index contributed by atoms with van der Waals surface area (Å²) in [5.41, 5.74) is -0.153. The minimum Gasteiger partial charge on any atom is -0.314 e. The highest BCUT2D eigenvalue weighted by Crippen LogP contribution is 2.28. The SMILES string of the molecule is O=[N+]([O-])c1ccc(S(=O)(=O)N2CCNCC2)cc1Br. The number of rotatable bonds is 3. The zero-order valence-corrected chi connectivity index (χ0v) is 12.3. The first-order valence-electron chi connectivity index (χ1n) is 5.58. The summed E-state index contributed by atoms with van der Waals surface area (Å²) in [7, 11) is -3.59. The second-order valence-electron chi connectivity index (χ2n) is 4.02. The number of hydrogen-bond donors (Lipinski definition) is 1. The number of nitrogens with zero attached hydrogens (tertiary/aromatic N) is 2. The minimum atomic E-state index is -3.59. The first kappa shape index (κ1) is 14.4. The lowest BCUT2D eigenvalue weighted by atomic mass is 10.3. The van der Waals surface area contributed by atoms with Crippen molar-refractivity contribution in [2.24, 2.45) is 0 Å². The van der Waals surface area contributed by atoms with Gasteiger partial charge < -0.3 is 5.32 Å². The number of benzene rings is 1. The van der Waals surface area contributed by atoms with Crippen LogP contribution in [0.5, 0.6) is 0 Å². The van der Waals surface area contributed by atoms with Gasteiger partial charge in [-0.05, 0) is 28.1 Å². The van der Waals surface area contributed by atoms with E-state index in [2.05, 4.69) is 21.2 Å². The largest absolute Gasteiger partial charge is 0.314 e. The van der Waals surface area contributed by atoms with Gasteiger partial charge in [-0.15, -0.1) is 0 Å². The third-order valence-electron chi connectivity index (χ3n) is 2.83. The summed E-state index contributed by atoms with van der Waals surface area (Å²) in [6, 6.07) is 3.73. The van der Waals surface area contributed by atoms with Crippen LogP contribution in [0.1, 0.15) is 0 Å². The summed E-state index contributed by atoms with van der Waals surface area (Å²) in [6.07, 6.45) is 0. The van der Waals surface area contributed by atoms with Crippen LogP contribution in [0.2, 0.25) is 0 Å². The lowest BCUT2D eigenvalue weighted by Gasteiger charge is -2.26. The Morgan fingerprint density at radius 1 is 1.32 bits per heavy atom. The summed E-state index contributed by atoms with van der Waals surface area (Å²) < 4.78 is 26.2. The molecule has 104 valence electrons. The lowest BCUT2D eigenvalue weighted by Crippen LogP contribution is -2.46. The second-order valence-corrected chi connectivity index (χ2v) is 6.82. The van der Waals surface area contributed by atoms with Crippen LogP contribution in [-0.2, 0) is 10.0 Å². The van der Waals surface area contributed by atoms with Crippen molar-refractivity contribution >= 4 is 31.6 Å². The minimum absolute atomic E-state index is 0.0619. The Labute approximate surface area is 118 Å². The molecule has 0 aliphatic carbocycles. The Hall–Kier alpha value is -1.03. The Morgan fingerprint density at radius 2 is 1.95 bits per heavy atom. The molecule has 2 rings (SSSR count). The molecule has 0 saturated carbocycles. The van der Waals surface area contributed by atoms with Crippen LogP contribution in [0.25, 0.3) is 0 Å². The van der Waals surface area contributed by atoms with Crippen molar-refractivity contribution in [2.75, 3.05) is 26.2 Å². The van der Waals surface area contributed by atoms with Crippen molar-refractivity contribution < 1.29 is 13.3 Å². The van der Waals surface area contributed by atoms with Gasteiger partial charge in [-0.2, -0.15) is 4.31 Å². The highest BCUT2D eigenvalue weighted by Gasteiger charge is 2.27. The highest BCUT2D eigenvalue weighted by molar-refractivity contribution is 9.10. The highest BCUT2D eigenvalue weighted by atomic mass is 79.9. The summed E-state index contributed by atoms with van der Waals surface area (Å²) in [5, 5.41) is 13.8. The van der Waals surface area contributed by atoms with Gasteiger partial charge in [-0.25, -0.2) is 8.42 Å². The van der Waals surface area contributed by atoms with Crippen LogP contribution in [0.3, 0.4) is 0 Å². The molecule has 1 aromatic carbocycles. The summed E-state index contributed by atoms with van der Waals surface area (Å²) in [6.45, 7) is 2.01. The molecule has 1 N–H and O–H groups in total. The number of piperazine rings is 1. The third kappa shape index (κ3) is 2.94. The smallest absolute Gasteiger partial charge is 0.283 e. The molecule has 1 aliphatic rings. The number of sulfonamides is 1. The summed E-state index contributed by atoms with van der Waals surface area (Å²) in [5.74, 6) is 0. The van der Waals surface area contributed by atoms with E-state index < -0.39 is 14.9 Å². The predicted molar refractivity (Wildman–Crippen MR) is 72.4 cm³/mol. The topological polar surface area (TPSA) is 92.5 Å². The van der Waals surface area contributed by atoms with Gasteiger partial charge in [0.15, 0.2) is 0 Å². The molecule has 0 atom stereocenters. The van der Waals surface area contributed by atoms with Gasteiger partial charge in [0.05, 0.1) is 14.3 Å². The monoisotopic (exact) mass is 349 g/mol. The van der Waals surface area contributed by atoms with Gasteiger partial charge in [0.1, 0.15) is 0 Å². The number of hydrogen-bond acceptors (Lipinski definition) is 5. The van der Waals surface area contributed by atoms with E-state index in [9.17, 15) is 18.5 Å². The second kappa shape index (κ2) is 5.53. The maximum atomic E-state index is 12.3. The Morgan fingerprint density at radius 3 is 2.47 bits per heavy atom. The quantitative estimate of drug-likeness (QED) is 0.647. The van der Waals surface area contributed by atoms with Gasteiger partial charge in [0, 0.05) is 32.2 Å². The molecule has 0 bridgehead atoms. The fourth-order valence-electron chi connectivity index (χ4n) is 1.83. The molecular weight excluding hydrogens is 338 g/mol. The molecule has 19 heavy (non-hydrogen) atoms. The van der Waals surface area contributed by atoms with Crippen LogP contribution in [0.15, 0.2) is 27.6 Å². The average molecular weight is 350 g/mol. The zero-order valence-electron chi connectivity index (χ0n) is 9.87. The van der Waals surface area contributed by atoms with Crippen LogP contribution in [-0.4, -0.2) is 43.8 Å². The lowest BCUT2D eigenvalue weighted by molar-refractivity contribution is -0.385. The van der Waals surface area contributed by atoms with Crippen molar-refractivity contribution in [2.45, 2.75) is 4.90 Å². The van der Waals surface area contributed by atoms with E-state index in [0.717, 1.165) is 0 Å². The van der Waals surface area contributed by atoms with E-state index in [1.165, 1.54) is 22.5 Å². The number of nitro benzene ring substituents is 1. The third-order valence-corrected chi connectivity index (χ3v) is 5.36. The van der Waals surface area contributed by atoms with E-state index in [-0.39, 0.29) is 15.1 Å². The van der Waals surface area contributed by atoms with E-state index in [0.29, 0.717) is 26.2 Å². The van der Waals surface area contributed by atoms with Crippen molar-refractivity contribution in [1.82, 2.24) is 9.62 Å². The fourth-order valence-corrected chi connectivity index (χ4v) is 3.97. The first-order valence-corrected chi connectivity index (χ1v) is 7.81. The van der Waals surface area contributed by atoms with Gasteiger partial charge in [0.25, 0.3) is 5.69 Å². The van der Waals surface area contributed by atoms with Crippen LogP contribution < -0.4 is 5.32 Å². The molecule has 9 heteroatoms. The molecule has 1 fully saturated rings. The van der Waals surface area contributed by atoms with E-state index in [1.807, 2.05) is 0 Å². The standard InChI is InChI=1S/C10H12BrN3O4S/c11-9-7-8(1-2-10(9)14(15)16)19(17,18)13-5-3-12-4-6-13/h1-2,7,12H,3-6H2. The number of nitrogens with one attached hydrogen (secondary N) is 1. The summed E-state index contributed by atoms with van der Waals surface area (Å²) >= 11 is 3.03. The van der Waals surface area contributed by atoms with Gasteiger partial charge in [0.2, 0.25) is 10.0 Å². The maximum Gasteiger partial charge on any atom is 0.283 e.